The molecule has 8 heteroatoms. The molecular formula is C12H23N5O2S. The number of rotatable bonds is 6. The summed E-state index contributed by atoms with van der Waals surface area (Å²) in [5, 5.41) is 0. The number of imidazole rings is 1. The number of nitrogens with zero attached hydrogens (tertiary/aromatic N) is 4. The van der Waals surface area contributed by atoms with E-state index in [2.05, 4.69) is 21.5 Å². The summed E-state index contributed by atoms with van der Waals surface area (Å²) < 4.78 is 30.6. The predicted molar refractivity (Wildman–Crippen MR) is 77.3 cm³/mol. The molecular weight excluding hydrogens is 278 g/mol. The zero-order chi connectivity index (χ0) is 14.6. The van der Waals surface area contributed by atoms with Crippen LogP contribution < -0.4 is 4.72 Å². The van der Waals surface area contributed by atoms with Crippen LogP contribution in [-0.4, -0.2) is 60.4 Å². The molecule has 1 N–H and O–H groups in total. The van der Waals surface area contributed by atoms with Crippen LogP contribution >= 0.6 is 0 Å². The van der Waals surface area contributed by atoms with Gasteiger partial charge in [0, 0.05) is 45.1 Å². The van der Waals surface area contributed by atoms with Crippen molar-refractivity contribution < 1.29 is 8.42 Å². The van der Waals surface area contributed by atoms with Gasteiger partial charge in [0.15, 0.2) is 0 Å². The summed E-state index contributed by atoms with van der Waals surface area (Å²) in [6.45, 7) is 5.78. The first kappa shape index (κ1) is 15.4. The van der Waals surface area contributed by atoms with Gasteiger partial charge in [0.05, 0.1) is 6.54 Å². The molecule has 114 valence electrons. The highest BCUT2D eigenvalue weighted by Gasteiger charge is 2.25. The lowest BCUT2D eigenvalue weighted by atomic mass is 10.4. The molecule has 0 bridgehead atoms. The Bertz CT molecular complexity index is 520. The number of hydrogen-bond acceptors (Lipinski definition) is 4. The molecule has 1 fully saturated rings. The molecule has 7 nitrogen and oxygen atoms in total. The van der Waals surface area contributed by atoms with Gasteiger partial charge in [-0.3, -0.25) is 0 Å². The second-order valence-electron chi connectivity index (χ2n) is 5.07. The maximum absolute atomic E-state index is 12.2. The van der Waals surface area contributed by atoms with E-state index in [1.54, 1.807) is 6.20 Å². The zero-order valence-electron chi connectivity index (χ0n) is 12.1. The lowest BCUT2D eigenvalue weighted by molar-refractivity contribution is 0.220. The number of aromatic nitrogens is 2. The molecule has 0 amide bonds. The Labute approximate surface area is 120 Å². The van der Waals surface area contributed by atoms with E-state index in [0.29, 0.717) is 13.1 Å². The van der Waals surface area contributed by atoms with E-state index in [1.165, 1.54) is 4.31 Å². The van der Waals surface area contributed by atoms with Crippen molar-refractivity contribution in [1.82, 2.24) is 23.5 Å². The quantitative estimate of drug-likeness (QED) is 0.795. The molecule has 0 aliphatic carbocycles. The number of hydrogen-bond donors (Lipinski definition) is 1. The normalized spacial score (nSPS) is 18.5. The van der Waals surface area contributed by atoms with E-state index in [1.807, 2.05) is 17.8 Å². The third-order valence-electron chi connectivity index (χ3n) is 3.48. The Balaban J connectivity index is 1.93. The minimum Gasteiger partial charge on any atom is -0.334 e. The number of piperazine rings is 1. The minimum absolute atomic E-state index is 0.238. The molecule has 0 radical (unpaired) electrons. The van der Waals surface area contributed by atoms with Gasteiger partial charge in [-0.05, 0) is 13.5 Å². The average molecular weight is 301 g/mol. The van der Waals surface area contributed by atoms with Gasteiger partial charge >= 0.3 is 0 Å². The van der Waals surface area contributed by atoms with Gasteiger partial charge in [0.25, 0.3) is 10.2 Å². The maximum atomic E-state index is 12.2. The monoisotopic (exact) mass is 301 g/mol. The van der Waals surface area contributed by atoms with Crippen molar-refractivity contribution >= 4 is 10.2 Å². The fraction of sp³-hybridized carbons (Fsp3) is 0.750. The largest absolute Gasteiger partial charge is 0.334 e. The number of likely N-dealkylation sites (N-methyl/N-ethyl adjacent to an activating group) is 1. The highest BCUT2D eigenvalue weighted by Crippen LogP contribution is 2.06. The molecule has 0 unspecified atom stereocenters. The summed E-state index contributed by atoms with van der Waals surface area (Å²) in [7, 11) is -1.41. The van der Waals surface area contributed by atoms with E-state index in [-0.39, 0.29) is 6.54 Å². The van der Waals surface area contributed by atoms with Crippen LogP contribution in [0.3, 0.4) is 0 Å². The van der Waals surface area contributed by atoms with E-state index in [0.717, 1.165) is 31.9 Å². The standard InChI is InChI=1S/C12H23N5O2S/c1-3-5-16-6-4-13-12(16)11-14-20(18,19)17-9-7-15(2)8-10-17/h4,6,14H,3,5,7-11H2,1-2H3. The van der Waals surface area contributed by atoms with E-state index >= 15 is 0 Å². The lowest BCUT2D eigenvalue weighted by Crippen LogP contribution is -2.50. The Morgan fingerprint density at radius 3 is 2.65 bits per heavy atom. The summed E-state index contributed by atoms with van der Waals surface area (Å²) in [5.74, 6) is 0.754. The molecule has 2 heterocycles. The Kier molecular flexibility index (Phi) is 5.14. The first-order valence-electron chi connectivity index (χ1n) is 6.96. The Hall–Kier alpha value is -0.960. The van der Waals surface area contributed by atoms with Crippen molar-refractivity contribution in [2.45, 2.75) is 26.4 Å². The molecule has 0 aromatic carbocycles. The van der Waals surface area contributed by atoms with Gasteiger partial charge in [-0.25, -0.2) is 4.98 Å². The fourth-order valence-electron chi connectivity index (χ4n) is 2.23. The first-order chi connectivity index (χ1) is 9.53. The van der Waals surface area contributed by atoms with Gasteiger partial charge in [-0.15, -0.1) is 0 Å². The lowest BCUT2D eigenvalue weighted by Gasteiger charge is -2.31. The highest BCUT2D eigenvalue weighted by molar-refractivity contribution is 7.87. The van der Waals surface area contributed by atoms with Gasteiger partial charge in [-0.2, -0.15) is 17.4 Å². The van der Waals surface area contributed by atoms with Crippen molar-refractivity contribution in [1.29, 1.82) is 0 Å². The van der Waals surface area contributed by atoms with Crippen LogP contribution in [0.25, 0.3) is 0 Å². The molecule has 1 saturated heterocycles. The van der Waals surface area contributed by atoms with Crippen molar-refractivity contribution in [2.24, 2.45) is 0 Å². The maximum Gasteiger partial charge on any atom is 0.279 e. The third kappa shape index (κ3) is 3.78. The molecule has 0 saturated carbocycles. The van der Waals surface area contributed by atoms with Crippen molar-refractivity contribution in [3.05, 3.63) is 18.2 Å². The molecule has 1 aliphatic rings. The van der Waals surface area contributed by atoms with Gasteiger partial charge in [0.1, 0.15) is 5.82 Å². The molecule has 0 atom stereocenters. The van der Waals surface area contributed by atoms with E-state index in [4.69, 9.17) is 0 Å². The van der Waals surface area contributed by atoms with Crippen molar-refractivity contribution in [3.63, 3.8) is 0 Å². The minimum atomic E-state index is -3.41. The van der Waals surface area contributed by atoms with E-state index in [9.17, 15) is 8.42 Å². The molecule has 1 aromatic rings. The molecule has 0 spiro atoms. The summed E-state index contributed by atoms with van der Waals surface area (Å²) in [4.78, 5) is 6.33. The molecule has 1 aromatic heterocycles. The smallest absolute Gasteiger partial charge is 0.279 e. The first-order valence-corrected chi connectivity index (χ1v) is 8.40. The van der Waals surface area contributed by atoms with Crippen LogP contribution in [0.1, 0.15) is 19.2 Å². The summed E-state index contributed by atoms with van der Waals surface area (Å²) in [6, 6.07) is 0. The van der Waals surface area contributed by atoms with Gasteiger partial charge < -0.3 is 9.47 Å². The molecule has 2 rings (SSSR count). The van der Waals surface area contributed by atoms with Gasteiger partial charge in [0.2, 0.25) is 0 Å². The van der Waals surface area contributed by atoms with Crippen LogP contribution in [-0.2, 0) is 23.3 Å². The fourth-order valence-corrected chi connectivity index (χ4v) is 3.37. The Morgan fingerprint density at radius 2 is 2.00 bits per heavy atom. The molecule has 20 heavy (non-hydrogen) atoms. The summed E-state index contributed by atoms with van der Waals surface area (Å²) in [6.07, 6.45) is 4.58. The van der Waals surface area contributed by atoms with Crippen LogP contribution in [0, 0.1) is 0 Å². The Morgan fingerprint density at radius 1 is 1.30 bits per heavy atom. The van der Waals surface area contributed by atoms with E-state index < -0.39 is 10.2 Å². The van der Waals surface area contributed by atoms with Crippen LogP contribution in [0.15, 0.2) is 12.4 Å². The zero-order valence-corrected chi connectivity index (χ0v) is 12.9. The van der Waals surface area contributed by atoms with Crippen molar-refractivity contribution in [2.75, 3.05) is 33.2 Å². The number of nitrogens with one attached hydrogen (secondary N) is 1. The number of aryl methyl sites for hydroxylation is 1. The van der Waals surface area contributed by atoms with Crippen LogP contribution in [0.5, 0.6) is 0 Å². The van der Waals surface area contributed by atoms with Crippen LogP contribution in [0.2, 0.25) is 0 Å². The second-order valence-corrected chi connectivity index (χ2v) is 6.82. The average Bonchev–Trinajstić information content (AvgIpc) is 2.85. The van der Waals surface area contributed by atoms with Crippen LogP contribution in [0.4, 0.5) is 0 Å². The summed E-state index contributed by atoms with van der Waals surface area (Å²) >= 11 is 0. The summed E-state index contributed by atoms with van der Waals surface area (Å²) in [5.41, 5.74) is 0. The third-order valence-corrected chi connectivity index (χ3v) is 5.04. The highest BCUT2D eigenvalue weighted by atomic mass is 32.2. The van der Waals surface area contributed by atoms with Crippen molar-refractivity contribution in [3.8, 4) is 0 Å². The SMILES string of the molecule is CCCn1ccnc1CNS(=O)(=O)N1CCN(C)CC1. The topological polar surface area (TPSA) is 70.5 Å². The second kappa shape index (κ2) is 6.66. The molecule has 1 aliphatic heterocycles. The predicted octanol–water partition coefficient (Wildman–Crippen LogP) is -0.125. The van der Waals surface area contributed by atoms with Gasteiger partial charge in [-0.1, -0.05) is 6.92 Å².